The van der Waals surface area contributed by atoms with E-state index in [9.17, 15) is 13.2 Å². The lowest BCUT2D eigenvalue weighted by Gasteiger charge is -2.18. The summed E-state index contributed by atoms with van der Waals surface area (Å²) in [5, 5.41) is 0. The molecule has 0 aliphatic carbocycles. The van der Waals surface area contributed by atoms with Gasteiger partial charge in [0.15, 0.2) is 0 Å². The fourth-order valence-electron chi connectivity index (χ4n) is 3.25. The van der Waals surface area contributed by atoms with Crippen molar-refractivity contribution in [2.45, 2.75) is 24.7 Å². The molecule has 1 aliphatic heterocycles. The van der Waals surface area contributed by atoms with Crippen LogP contribution in [0.3, 0.4) is 0 Å². The van der Waals surface area contributed by atoms with Crippen molar-refractivity contribution in [3.05, 3.63) is 53.6 Å². The molecule has 1 saturated heterocycles. The van der Waals surface area contributed by atoms with Crippen molar-refractivity contribution in [2.24, 2.45) is 0 Å². The third kappa shape index (κ3) is 5.07. The van der Waals surface area contributed by atoms with Gasteiger partial charge in [-0.2, -0.15) is 0 Å². The van der Waals surface area contributed by atoms with Crippen LogP contribution in [0.5, 0.6) is 11.5 Å². The van der Waals surface area contributed by atoms with Crippen LogP contribution in [0.15, 0.2) is 47.4 Å². The van der Waals surface area contributed by atoms with E-state index < -0.39 is 10.0 Å². The van der Waals surface area contributed by atoms with Crippen LogP contribution in [0, 0.1) is 6.92 Å². The maximum atomic E-state index is 12.8. The number of carbonyl (C=O) groups excluding carboxylic acids is 1. The number of sulfonamides is 1. The van der Waals surface area contributed by atoms with E-state index in [0.717, 1.165) is 24.2 Å². The Morgan fingerprint density at radius 2 is 1.83 bits per heavy atom. The zero-order valence-corrected chi connectivity index (χ0v) is 17.5. The molecule has 156 valence electrons. The van der Waals surface area contributed by atoms with Crippen LogP contribution < -0.4 is 14.2 Å². The van der Waals surface area contributed by atoms with Gasteiger partial charge in [-0.3, -0.25) is 4.79 Å². The molecule has 7 nitrogen and oxygen atoms in total. The summed E-state index contributed by atoms with van der Waals surface area (Å²) >= 11 is 0. The number of rotatable bonds is 8. The number of nitrogens with zero attached hydrogens (tertiary/aromatic N) is 1. The molecule has 0 unspecified atom stereocenters. The Balaban J connectivity index is 1.68. The van der Waals surface area contributed by atoms with Gasteiger partial charge >= 0.3 is 0 Å². The number of methoxy groups -OCH3 is 1. The minimum atomic E-state index is -3.79. The second-order valence-electron chi connectivity index (χ2n) is 6.87. The van der Waals surface area contributed by atoms with Crippen LogP contribution in [0.4, 0.5) is 0 Å². The Bertz CT molecular complexity index is 969. The topological polar surface area (TPSA) is 84.9 Å². The van der Waals surface area contributed by atoms with E-state index >= 15 is 0 Å². The quantitative estimate of drug-likeness (QED) is 0.666. The number of amides is 1. The molecule has 2 aromatic carbocycles. The Kier molecular flexibility index (Phi) is 6.76. The average Bonchev–Trinajstić information content (AvgIpc) is 3.26. The third-order valence-corrected chi connectivity index (χ3v) is 6.31. The van der Waals surface area contributed by atoms with Crippen molar-refractivity contribution in [2.75, 3.05) is 33.4 Å². The highest BCUT2D eigenvalue weighted by Gasteiger charge is 2.25. The Morgan fingerprint density at radius 3 is 2.52 bits per heavy atom. The molecule has 8 heteroatoms. The Labute approximate surface area is 171 Å². The highest BCUT2D eigenvalue weighted by molar-refractivity contribution is 7.89. The average molecular weight is 419 g/mol. The highest BCUT2D eigenvalue weighted by atomic mass is 32.2. The summed E-state index contributed by atoms with van der Waals surface area (Å²) < 4.78 is 38.8. The number of ether oxygens (including phenoxy) is 2. The molecule has 1 amide bonds. The lowest BCUT2D eigenvalue weighted by Crippen LogP contribution is -2.30. The van der Waals surface area contributed by atoms with Crippen molar-refractivity contribution in [3.8, 4) is 11.5 Å². The van der Waals surface area contributed by atoms with E-state index in [1.165, 1.54) is 25.3 Å². The summed E-state index contributed by atoms with van der Waals surface area (Å²) in [5.41, 5.74) is 1.24. The smallest absolute Gasteiger partial charge is 0.257 e. The molecule has 1 fully saturated rings. The lowest BCUT2D eigenvalue weighted by molar-refractivity contribution is 0.0789. The monoisotopic (exact) mass is 418 g/mol. The van der Waals surface area contributed by atoms with Gasteiger partial charge in [-0.15, -0.1) is 0 Å². The van der Waals surface area contributed by atoms with Crippen molar-refractivity contribution in [1.82, 2.24) is 9.62 Å². The molecule has 3 rings (SSSR count). The van der Waals surface area contributed by atoms with Crippen LogP contribution in [-0.4, -0.2) is 52.6 Å². The van der Waals surface area contributed by atoms with Crippen LogP contribution in [0.1, 0.15) is 28.8 Å². The van der Waals surface area contributed by atoms with Gasteiger partial charge in [0.05, 0.1) is 17.6 Å². The third-order valence-electron chi connectivity index (χ3n) is 4.85. The molecular formula is C21H26N2O5S. The van der Waals surface area contributed by atoms with Gasteiger partial charge in [-0.05, 0) is 49.6 Å². The molecular weight excluding hydrogens is 392 g/mol. The maximum absolute atomic E-state index is 12.8. The fraction of sp³-hybridized carbons (Fsp3) is 0.381. The van der Waals surface area contributed by atoms with E-state index in [4.69, 9.17) is 9.47 Å². The van der Waals surface area contributed by atoms with E-state index in [1.807, 2.05) is 31.2 Å². The van der Waals surface area contributed by atoms with Gasteiger partial charge in [-0.1, -0.05) is 18.2 Å². The minimum Gasteiger partial charge on any atom is -0.496 e. The Hall–Kier alpha value is -2.58. The van der Waals surface area contributed by atoms with Gasteiger partial charge in [0, 0.05) is 19.6 Å². The number of likely N-dealkylation sites (tertiary alicyclic amines) is 1. The normalized spacial score (nSPS) is 14.1. The molecule has 0 aromatic heterocycles. The first kappa shape index (κ1) is 21.1. The second-order valence-corrected chi connectivity index (χ2v) is 8.64. The standard InChI is InChI=1S/C21H26N2O5S/c1-16-7-3-4-8-19(16)28-14-11-22-29(25,26)17-9-10-20(27-2)18(15-17)21(24)23-12-5-6-13-23/h3-4,7-10,15,22H,5-6,11-14H2,1-2H3. The van der Waals surface area contributed by atoms with Crippen LogP contribution in [0.2, 0.25) is 0 Å². The van der Waals surface area contributed by atoms with Crippen LogP contribution in [0.25, 0.3) is 0 Å². The predicted molar refractivity (Wildman–Crippen MR) is 110 cm³/mol. The summed E-state index contributed by atoms with van der Waals surface area (Å²) in [6.45, 7) is 3.58. The van der Waals surface area contributed by atoms with Gasteiger partial charge in [-0.25, -0.2) is 13.1 Å². The van der Waals surface area contributed by atoms with Gasteiger partial charge in [0.2, 0.25) is 10.0 Å². The first-order chi connectivity index (χ1) is 13.9. The first-order valence-corrected chi connectivity index (χ1v) is 11.1. The maximum Gasteiger partial charge on any atom is 0.257 e. The predicted octanol–water partition coefficient (Wildman–Crippen LogP) is 2.60. The number of hydrogen-bond acceptors (Lipinski definition) is 5. The SMILES string of the molecule is COc1ccc(S(=O)(=O)NCCOc2ccccc2C)cc1C(=O)N1CCCC1. The summed E-state index contributed by atoms with van der Waals surface area (Å²) in [6, 6.07) is 11.9. The molecule has 0 saturated carbocycles. The number of nitrogens with one attached hydrogen (secondary N) is 1. The molecule has 1 heterocycles. The van der Waals surface area contributed by atoms with E-state index in [-0.39, 0.29) is 29.5 Å². The molecule has 29 heavy (non-hydrogen) atoms. The minimum absolute atomic E-state index is 0.0248. The molecule has 2 aromatic rings. The number of aryl methyl sites for hydroxylation is 1. The lowest BCUT2D eigenvalue weighted by atomic mass is 10.1. The number of benzene rings is 2. The molecule has 1 aliphatic rings. The van der Waals surface area contributed by atoms with Crippen molar-refractivity contribution >= 4 is 15.9 Å². The highest BCUT2D eigenvalue weighted by Crippen LogP contribution is 2.25. The zero-order valence-electron chi connectivity index (χ0n) is 16.7. The summed E-state index contributed by atoms with van der Waals surface area (Å²) in [4.78, 5) is 14.5. The van der Waals surface area contributed by atoms with Crippen molar-refractivity contribution < 1.29 is 22.7 Å². The van der Waals surface area contributed by atoms with Gasteiger partial charge in [0.25, 0.3) is 5.91 Å². The van der Waals surface area contributed by atoms with Crippen molar-refractivity contribution in [1.29, 1.82) is 0 Å². The molecule has 0 atom stereocenters. The summed E-state index contributed by atoms with van der Waals surface area (Å²) in [7, 11) is -2.32. The zero-order chi connectivity index (χ0) is 20.9. The van der Waals surface area contributed by atoms with E-state index in [0.29, 0.717) is 18.8 Å². The summed E-state index contributed by atoms with van der Waals surface area (Å²) in [5.74, 6) is 0.873. The van der Waals surface area contributed by atoms with Gasteiger partial charge in [0.1, 0.15) is 18.1 Å². The first-order valence-electron chi connectivity index (χ1n) is 9.58. The number of para-hydroxylation sites is 1. The number of hydrogen-bond donors (Lipinski definition) is 1. The molecule has 1 N–H and O–H groups in total. The van der Waals surface area contributed by atoms with Crippen molar-refractivity contribution in [3.63, 3.8) is 0 Å². The number of carbonyl (C=O) groups is 1. The van der Waals surface area contributed by atoms with Crippen LogP contribution in [-0.2, 0) is 10.0 Å². The second kappa shape index (κ2) is 9.28. The largest absolute Gasteiger partial charge is 0.496 e. The van der Waals surface area contributed by atoms with E-state index in [2.05, 4.69) is 4.72 Å². The van der Waals surface area contributed by atoms with E-state index in [1.54, 1.807) is 4.90 Å². The summed E-state index contributed by atoms with van der Waals surface area (Å²) in [6.07, 6.45) is 1.91. The molecule has 0 spiro atoms. The van der Waals surface area contributed by atoms with Gasteiger partial charge < -0.3 is 14.4 Å². The van der Waals surface area contributed by atoms with Crippen LogP contribution >= 0.6 is 0 Å². The molecule has 0 radical (unpaired) electrons. The fourth-order valence-corrected chi connectivity index (χ4v) is 4.29. The molecule has 0 bridgehead atoms. The Morgan fingerprint density at radius 1 is 1.10 bits per heavy atom.